The number of aromatic nitrogens is 1. The van der Waals surface area contributed by atoms with Crippen LogP contribution in [0.4, 0.5) is 0 Å². The summed E-state index contributed by atoms with van der Waals surface area (Å²) < 4.78 is 0. The molecule has 0 fully saturated rings. The van der Waals surface area contributed by atoms with Gasteiger partial charge in [0.05, 0.1) is 10.4 Å². The van der Waals surface area contributed by atoms with E-state index in [0.717, 1.165) is 26.7 Å². The SMILES string of the molecule is O=C(NCc1ccccc1Cl)c1cc2cc3ccccc3nc2s1. The Hall–Kier alpha value is -2.43. The number of carbonyl (C=O) groups is 1. The zero-order valence-corrected chi connectivity index (χ0v) is 14.2. The fourth-order valence-corrected chi connectivity index (χ4v) is 3.73. The molecule has 0 aliphatic heterocycles. The molecule has 118 valence electrons. The van der Waals surface area contributed by atoms with Gasteiger partial charge in [-0.25, -0.2) is 4.98 Å². The zero-order valence-electron chi connectivity index (χ0n) is 12.6. The Bertz CT molecular complexity index is 1010. The van der Waals surface area contributed by atoms with E-state index in [0.29, 0.717) is 16.4 Å². The molecular formula is C19H13ClN2OS. The van der Waals surface area contributed by atoms with Crippen molar-refractivity contribution in [2.45, 2.75) is 6.54 Å². The Morgan fingerprint density at radius 1 is 1.04 bits per heavy atom. The molecule has 2 aromatic carbocycles. The molecule has 2 aromatic heterocycles. The molecule has 0 atom stereocenters. The minimum atomic E-state index is -0.109. The van der Waals surface area contributed by atoms with Gasteiger partial charge in [-0.05, 0) is 29.8 Å². The first-order valence-electron chi connectivity index (χ1n) is 7.52. The average molecular weight is 353 g/mol. The van der Waals surface area contributed by atoms with Crippen molar-refractivity contribution in [3.05, 3.63) is 76.1 Å². The van der Waals surface area contributed by atoms with Crippen LogP contribution >= 0.6 is 22.9 Å². The summed E-state index contributed by atoms with van der Waals surface area (Å²) in [4.78, 5) is 18.6. The number of thiophene rings is 1. The summed E-state index contributed by atoms with van der Waals surface area (Å²) in [6.45, 7) is 0.405. The van der Waals surface area contributed by atoms with E-state index in [1.165, 1.54) is 11.3 Å². The predicted octanol–water partition coefficient (Wildman–Crippen LogP) is 5.03. The molecule has 0 bridgehead atoms. The number of benzene rings is 2. The normalized spacial score (nSPS) is 11.0. The smallest absolute Gasteiger partial charge is 0.261 e. The first-order chi connectivity index (χ1) is 11.7. The number of hydrogen-bond acceptors (Lipinski definition) is 3. The number of nitrogens with one attached hydrogen (secondary N) is 1. The van der Waals surface area contributed by atoms with Crippen LogP contribution in [-0.2, 0) is 6.54 Å². The molecule has 3 nitrogen and oxygen atoms in total. The van der Waals surface area contributed by atoms with Gasteiger partial charge < -0.3 is 5.32 Å². The highest BCUT2D eigenvalue weighted by atomic mass is 35.5. The van der Waals surface area contributed by atoms with Gasteiger partial charge >= 0.3 is 0 Å². The third-order valence-corrected chi connectivity index (χ3v) is 5.24. The van der Waals surface area contributed by atoms with Crippen molar-refractivity contribution in [3.8, 4) is 0 Å². The van der Waals surface area contributed by atoms with Crippen LogP contribution < -0.4 is 5.32 Å². The summed E-state index contributed by atoms with van der Waals surface area (Å²) in [5, 5.41) is 5.63. The second kappa shape index (κ2) is 6.23. The Kier molecular flexibility index (Phi) is 3.92. The van der Waals surface area contributed by atoms with Gasteiger partial charge in [0.2, 0.25) is 0 Å². The number of fused-ring (bicyclic) bond motifs is 2. The van der Waals surface area contributed by atoms with Crippen molar-refractivity contribution in [2.24, 2.45) is 0 Å². The maximum atomic E-state index is 12.4. The third kappa shape index (κ3) is 2.86. The van der Waals surface area contributed by atoms with Crippen LogP contribution in [0.2, 0.25) is 5.02 Å². The fourth-order valence-electron chi connectivity index (χ4n) is 2.59. The van der Waals surface area contributed by atoms with E-state index in [1.54, 1.807) is 0 Å². The number of carbonyl (C=O) groups excluding carboxylic acids is 1. The highest BCUT2D eigenvalue weighted by Crippen LogP contribution is 2.27. The molecule has 1 amide bonds. The molecule has 24 heavy (non-hydrogen) atoms. The van der Waals surface area contributed by atoms with E-state index in [9.17, 15) is 4.79 Å². The predicted molar refractivity (Wildman–Crippen MR) is 99.7 cm³/mol. The second-order valence-corrected chi connectivity index (χ2v) is 6.90. The monoisotopic (exact) mass is 352 g/mol. The van der Waals surface area contributed by atoms with Gasteiger partial charge in [0.25, 0.3) is 5.91 Å². The molecule has 0 aliphatic carbocycles. The van der Waals surface area contributed by atoms with Crippen LogP contribution in [0.5, 0.6) is 0 Å². The molecule has 1 N–H and O–H groups in total. The van der Waals surface area contributed by atoms with Crippen molar-refractivity contribution < 1.29 is 4.79 Å². The molecule has 0 spiro atoms. The molecule has 4 rings (SSSR count). The van der Waals surface area contributed by atoms with Crippen LogP contribution in [-0.4, -0.2) is 10.9 Å². The summed E-state index contributed by atoms with van der Waals surface area (Å²) in [6, 6.07) is 19.4. The Morgan fingerprint density at radius 2 is 1.83 bits per heavy atom. The lowest BCUT2D eigenvalue weighted by Gasteiger charge is -2.05. The largest absolute Gasteiger partial charge is 0.347 e. The van der Waals surface area contributed by atoms with E-state index < -0.39 is 0 Å². The highest BCUT2D eigenvalue weighted by Gasteiger charge is 2.12. The number of amides is 1. The minimum absolute atomic E-state index is 0.109. The number of nitrogens with zero attached hydrogens (tertiary/aromatic N) is 1. The number of rotatable bonds is 3. The van der Waals surface area contributed by atoms with E-state index in [-0.39, 0.29) is 5.91 Å². The van der Waals surface area contributed by atoms with Crippen molar-refractivity contribution >= 4 is 50.0 Å². The van der Waals surface area contributed by atoms with Gasteiger partial charge in [-0.3, -0.25) is 4.79 Å². The molecule has 0 radical (unpaired) electrons. The Labute approximate surface area is 147 Å². The van der Waals surface area contributed by atoms with Crippen LogP contribution in [0.15, 0.2) is 60.7 Å². The Balaban J connectivity index is 1.60. The molecule has 0 saturated carbocycles. The third-order valence-electron chi connectivity index (χ3n) is 3.83. The number of hydrogen-bond donors (Lipinski definition) is 1. The topological polar surface area (TPSA) is 42.0 Å². The molecule has 4 aromatic rings. The summed E-state index contributed by atoms with van der Waals surface area (Å²) in [6.07, 6.45) is 0. The standard InChI is InChI=1S/C19H13ClN2OS/c20-15-7-3-1-6-13(15)11-21-18(23)17-10-14-9-12-5-2-4-8-16(12)22-19(14)24-17/h1-10H,11H2,(H,21,23). The summed E-state index contributed by atoms with van der Waals surface area (Å²) >= 11 is 7.52. The quantitative estimate of drug-likeness (QED) is 0.561. The molecular weight excluding hydrogens is 340 g/mol. The Morgan fingerprint density at radius 3 is 2.71 bits per heavy atom. The van der Waals surface area contributed by atoms with Crippen LogP contribution in [0.3, 0.4) is 0 Å². The van der Waals surface area contributed by atoms with Gasteiger partial charge in [-0.15, -0.1) is 11.3 Å². The lowest BCUT2D eigenvalue weighted by Crippen LogP contribution is -2.21. The first kappa shape index (κ1) is 15.1. The van der Waals surface area contributed by atoms with Crippen LogP contribution in [0.25, 0.3) is 21.1 Å². The number of para-hydroxylation sites is 1. The summed E-state index contributed by atoms with van der Waals surface area (Å²) in [5.41, 5.74) is 1.84. The first-order valence-corrected chi connectivity index (χ1v) is 8.71. The number of halogens is 1. The van der Waals surface area contributed by atoms with Gasteiger partial charge in [-0.2, -0.15) is 0 Å². The number of pyridine rings is 1. The van der Waals surface area contributed by atoms with E-state index in [1.807, 2.05) is 54.6 Å². The maximum Gasteiger partial charge on any atom is 0.261 e. The summed E-state index contributed by atoms with van der Waals surface area (Å²) in [5.74, 6) is -0.109. The van der Waals surface area contributed by atoms with Crippen molar-refractivity contribution in [1.82, 2.24) is 10.3 Å². The molecule has 0 unspecified atom stereocenters. The van der Waals surface area contributed by atoms with E-state index in [4.69, 9.17) is 11.6 Å². The lowest BCUT2D eigenvalue weighted by atomic mass is 10.2. The van der Waals surface area contributed by atoms with Crippen molar-refractivity contribution in [1.29, 1.82) is 0 Å². The minimum Gasteiger partial charge on any atom is -0.347 e. The highest BCUT2D eigenvalue weighted by molar-refractivity contribution is 7.20. The molecule has 5 heteroatoms. The van der Waals surface area contributed by atoms with Gasteiger partial charge in [-0.1, -0.05) is 48.0 Å². The van der Waals surface area contributed by atoms with Crippen LogP contribution in [0, 0.1) is 0 Å². The molecule has 0 saturated heterocycles. The summed E-state index contributed by atoms with van der Waals surface area (Å²) in [7, 11) is 0. The molecule has 2 heterocycles. The van der Waals surface area contributed by atoms with E-state index >= 15 is 0 Å². The maximum absolute atomic E-state index is 12.4. The average Bonchev–Trinajstić information content (AvgIpc) is 3.01. The van der Waals surface area contributed by atoms with Crippen LogP contribution in [0.1, 0.15) is 15.2 Å². The van der Waals surface area contributed by atoms with Gasteiger partial charge in [0, 0.05) is 22.3 Å². The van der Waals surface area contributed by atoms with Crippen molar-refractivity contribution in [2.75, 3.05) is 0 Å². The van der Waals surface area contributed by atoms with Crippen molar-refractivity contribution in [3.63, 3.8) is 0 Å². The van der Waals surface area contributed by atoms with E-state index in [2.05, 4.69) is 16.4 Å². The second-order valence-electron chi connectivity index (χ2n) is 5.46. The molecule has 0 aliphatic rings. The van der Waals surface area contributed by atoms with Gasteiger partial charge in [0.15, 0.2) is 0 Å². The lowest BCUT2D eigenvalue weighted by molar-refractivity contribution is 0.0955. The zero-order chi connectivity index (χ0) is 16.5. The van der Waals surface area contributed by atoms with Gasteiger partial charge in [0.1, 0.15) is 4.83 Å². The fraction of sp³-hybridized carbons (Fsp3) is 0.0526.